The molecule has 0 unspecified atom stereocenters. The molecule has 0 aliphatic carbocycles. The Labute approximate surface area is 71.3 Å². The van der Waals surface area contributed by atoms with Crippen LogP contribution in [0.3, 0.4) is 0 Å². The fourth-order valence-electron chi connectivity index (χ4n) is 1.06. The van der Waals surface area contributed by atoms with E-state index in [1.807, 2.05) is 0 Å². The van der Waals surface area contributed by atoms with Gasteiger partial charge in [0.2, 0.25) is 0 Å². The Bertz CT molecular complexity index is 142. The monoisotopic (exact) mass is 181 g/mol. The highest BCUT2D eigenvalue weighted by atomic mass is 35.5. The number of methoxy groups -OCH3 is 1. The molecule has 66 valence electrons. The standard InChI is InChI=1S/C6H11NO3.ClH/c1-10-6(9)4-2-7-3-5(4)8;/h4-5,7-8H,2-3H2,1H3;1H/t4-,5+;/m1./s1. The number of ether oxygens (including phenoxy) is 1. The quantitative estimate of drug-likeness (QED) is 0.518. The van der Waals surface area contributed by atoms with Crippen molar-refractivity contribution in [2.75, 3.05) is 20.2 Å². The molecular weight excluding hydrogens is 170 g/mol. The minimum Gasteiger partial charge on any atom is -0.469 e. The summed E-state index contributed by atoms with van der Waals surface area (Å²) in [5.74, 6) is -0.706. The Morgan fingerprint density at radius 2 is 2.27 bits per heavy atom. The van der Waals surface area contributed by atoms with Crippen LogP contribution in [0.25, 0.3) is 0 Å². The summed E-state index contributed by atoms with van der Waals surface area (Å²) in [5, 5.41) is 12.0. The van der Waals surface area contributed by atoms with Crippen LogP contribution in [0.15, 0.2) is 0 Å². The summed E-state index contributed by atoms with van der Waals surface area (Å²) in [6, 6.07) is 0. The highest BCUT2D eigenvalue weighted by Crippen LogP contribution is 2.09. The lowest BCUT2D eigenvalue weighted by atomic mass is 10.1. The lowest BCUT2D eigenvalue weighted by Crippen LogP contribution is -2.27. The van der Waals surface area contributed by atoms with E-state index in [1.54, 1.807) is 0 Å². The number of carbonyl (C=O) groups excluding carboxylic acids is 1. The lowest BCUT2D eigenvalue weighted by Gasteiger charge is -2.08. The zero-order chi connectivity index (χ0) is 7.56. The van der Waals surface area contributed by atoms with Gasteiger partial charge >= 0.3 is 5.97 Å². The van der Waals surface area contributed by atoms with Crippen molar-refractivity contribution in [3.05, 3.63) is 0 Å². The SMILES string of the molecule is COC(=O)[C@@H]1CNC[C@@H]1O.Cl. The third-order valence-electron chi connectivity index (χ3n) is 1.69. The first kappa shape index (κ1) is 10.7. The van der Waals surface area contributed by atoms with Crippen LogP contribution in [-0.2, 0) is 9.53 Å². The number of rotatable bonds is 1. The predicted octanol–water partition coefficient (Wildman–Crippen LogP) is -0.839. The summed E-state index contributed by atoms with van der Waals surface area (Å²) in [6.45, 7) is 1.01. The summed E-state index contributed by atoms with van der Waals surface area (Å²) < 4.78 is 4.47. The summed E-state index contributed by atoms with van der Waals surface area (Å²) in [7, 11) is 1.33. The van der Waals surface area contributed by atoms with E-state index in [-0.39, 0.29) is 24.3 Å². The first-order valence-corrected chi connectivity index (χ1v) is 3.22. The van der Waals surface area contributed by atoms with E-state index in [1.165, 1.54) is 7.11 Å². The van der Waals surface area contributed by atoms with Crippen molar-refractivity contribution in [1.29, 1.82) is 0 Å². The number of halogens is 1. The third kappa shape index (κ3) is 2.32. The van der Waals surface area contributed by atoms with Gasteiger partial charge in [-0.15, -0.1) is 12.4 Å². The molecular formula is C6H12ClNO3. The first-order valence-electron chi connectivity index (χ1n) is 3.22. The number of carbonyl (C=O) groups is 1. The number of hydrogen-bond donors (Lipinski definition) is 2. The van der Waals surface area contributed by atoms with Crippen molar-refractivity contribution in [3.63, 3.8) is 0 Å². The Morgan fingerprint density at radius 3 is 2.64 bits per heavy atom. The Kier molecular flexibility index (Phi) is 4.40. The van der Waals surface area contributed by atoms with Gasteiger partial charge in [-0.2, -0.15) is 0 Å². The van der Waals surface area contributed by atoms with Crippen LogP contribution in [0, 0.1) is 5.92 Å². The van der Waals surface area contributed by atoms with E-state index in [9.17, 15) is 4.79 Å². The molecule has 0 saturated carbocycles. The first-order chi connectivity index (χ1) is 4.75. The molecule has 1 saturated heterocycles. The molecule has 0 radical (unpaired) electrons. The van der Waals surface area contributed by atoms with Crippen molar-refractivity contribution >= 4 is 18.4 Å². The molecule has 0 aromatic heterocycles. The molecule has 11 heavy (non-hydrogen) atoms. The van der Waals surface area contributed by atoms with Crippen molar-refractivity contribution in [3.8, 4) is 0 Å². The van der Waals surface area contributed by atoms with Crippen LogP contribution < -0.4 is 5.32 Å². The Balaban J connectivity index is 0.000001000. The molecule has 0 aromatic carbocycles. The lowest BCUT2D eigenvalue weighted by molar-refractivity contribution is -0.147. The number of hydrogen-bond acceptors (Lipinski definition) is 4. The molecule has 1 heterocycles. The molecule has 5 heteroatoms. The number of aliphatic hydroxyl groups excluding tert-OH is 1. The van der Waals surface area contributed by atoms with E-state index in [2.05, 4.69) is 10.1 Å². The van der Waals surface area contributed by atoms with E-state index < -0.39 is 6.10 Å². The fourth-order valence-corrected chi connectivity index (χ4v) is 1.06. The molecule has 1 aliphatic rings. The maximum atomic E-state index is 10.8. The minimum absolute atomic E-state index is 0. The van der Waals surface area contributed by atoms with Gasteiger partial charge in [0, 0.05) is 13.1 Å². The minimum atomic E-state index is -0.576. The zero-order valence-corrected chi connectivity index (χ0v) is 7.06. The van der Waals surface area contributed by atoms with Gasteiger partial charge in [-0.3, -0.25) is 4.79 Å². The van der Waals surface area contributed by atoms with Crippen LogP contribution in [0.4, 0.5) is 0 Å². The van der Waals surface area contributed by atoms with Crippen molar-refractivity contribution < 1.29 is 14.6 Å². The molecule has 4 nitrogen and oxygen atoms in total. The van der Waals surface area contributed by atoms with Gasteiger partial charge in [0.1, 0.15) is 0 Å². The Morgan fingerprint density at radius 1 is 1.64 bits per heavy atom. The van der Waals surface area contributed by atoms with Crippen LogP contribution in [-0.4, -0.2) is 37.4 Å². The number of nitrogens with one attached hydrogen (secondary N) is 1. The highest BCUT2D eigenvalue weighted by Gasteiger charge is 2.31. The van der Waals surface area contributed by atoms with Gasteiger partial charge in [0.25, 0.3) is 0 Å². The second kappa shape index (κ2) is 4.54. The second-order valence-corrected chi connectivity index (χ2v) is 2.36. The van der Waals surface area contributed by atoms with Gasteiger partial charge < -0.3 is 15.2 Å². The van der Waals surface area contributed by atoms with Crippen LogP contribution in [0.1, 0.15) is 0 Å². The summed E-state index contributed by atoms with van der Waals surface area (Å²) in [4.78, 5) is 10.8. The number of esters is 1. The summed E-state index contributed by atoms with van der Waals surface area (Å²) in [5.41, 5.74) is 0. The number of aliphatic hydroxyl groups is 1. The van der Waals surface area contributed by atoms with Crippen molar-refractivity contribution in [2.45, 2.75) is 6.10 Å². The molecule has 1 rings (SSSR count). The van der Waals surface area contributed by atoms with Crippen LogP contribution >= 0.6 is 12.4 Å². The molecule has 0 bridgehead atoms. The maximum absolute atomic E-state index is 10.8. The van der Waals surface area contributed by atoms with Gasteiger partial charge in [0.15, 0.2) is 0 Å². The molecule has 0 spiro atoms. The van der Waals surface area contributed by atoms with E-state index in [0.29, 0.717) is 13.1 Å². The van der Waals surface area contributed by atoms with Gasteiger partial charge in [-0.05, 0) is 0 Å². The van der Waals surface area contributed by atoms with Gasteiger partial charge in [0.05, 0.1) is 19.1 Å². The third-order valence-corrected chi connectivity index (χ3v) is 1.69. The number of β-amino-alcohol motifs (C(OH)–C–C–N with tert-alkyl or cyclic N) is 1. The van der Waals surface area contributed by atoms with E-state index in [0.717, 1.165) is 0 Å². The average Bonchev–Trinajstić information content (AvgIpc) is 2.34. The van der Waals surface area contributed by atoms with Crippen molar-refractivity contribution in [2.24, 2.45) is 5.92 Å². The van der Waals surface area contributed by atoms with Gasteiger partial charge in [-0.25, -0.2) is 0 Å². The molecule has 0 amide bonds. The normalized spacial score (nSPS) is 29.3. The smallest absolute Gasteiger partial charge is 0.312 e. The largest absolute Gasteiger partial charge is 0.469 e. The molecule has 1 aliphatic heterocycles. The Hall–Kier alpha value is -0.320. The van der Waals surface area contributed by atoms with Crippen LogP contribution in [0.5, 0.6) is 0 Å². The summed E-state index contributed by atoms with van der Waals surface area (Å²) in [6.07, 6.45) is -0.576. The predicted molar refractivity (Wildman–Crippen MR) is 41.6 cm³/mol. The van der Waals surface area contributed by atoms with E-state index in [4.69, 9.17) is 5.11 Å². The molecule has 2 N–H and O–H groups in total. The average molecular weight is 182 g/mol. The highest BCUT2D eigenvalue weighted by molar-refractivity contribution is 5.85. The van der Waals surface area contributed by atoms with Crippen molar-refractivity contribution in [1.82, 2.24) is 5.32 Å². The van der Waals surface area contributed by atoms with E-state index >= 15 is 0 Å². The maximum Gasteiger partial charge on any atom is 0.312 e. The second-order valence-electron chi connectivity index (χ2n) is 2.36. The molecule has 2 atom stereocenters. The molecule has 0 aromatic rings. The summed E-state index contributed by atoms with van der Waals surface area (Å²) >= 11 is 0. The van der Waals surface area contributed by atoms with Crippen LogP contribution in [0.2, 0.25) is 0 Å². The molecule has 1 fully saturated rings. The van der Waals surface area contributed by atoms with Gasteiger partial charge in [-0.1, -0.05) is 0 Å². The fraction of sp³-hybridized carbons (Fsp3) is 0.833. The topological polar surface area (TPSA) is 58.6 Å². The zero-order valence-electron chi connectivity index (χ0n) is 6.24.